The second-order valence-corrected chi connectivity index (χ2v) is 7.29. The lowest BCUT2D eigenvalue weighted by molar-refractivity contribution is 0.153. The van der Waals surface area contributed by atoms with Gasteiger partial charge in [0.15, 0.2) is 0 Å². The first-order valence-corrected chi connectivity index (χ1v) is 7.78. The number of piperidine rings is 1. The highest BCUT2D eigenvalue weighted by Crippen LogP contribution is 2.44. The van der Waals surface area contributed by atoms with E-state index in [-0.39, 0.29) is 18.1 Å². The van der Waals surface area contributed by atoms with Crippen LogP contribution in [0.15, 0.2) is 0 Å². The number of nitrogens with one attached hydrogen (secondary N) is 1. The Morgan fingerprint density at radius 1 is 1.41 bits per heavy atom. The maximum absolute atomic E-state index is 12.1. The zero-order chi connectivity index (χ0) is 12.5. The number of aliphatic hydroxyl groups excluding tert-OH is 1. The van der Waals surface area contributed by atoms with Gasteiger partial charge in [-0.3, -0.25) is 0 Å². The largest absolute Gasteiger partial charge is 0.395 e. The molecule has 0 amide bonds. The Morgan fingerprint density at radius 3 is 2.71 bits per heavy atom. The van der Waals surface area contributed by atoms with Crippen LogP contribution in [0.1, 0.15) is 39.0 Å². The summed E-state index contributed by atoms with van der Waals surface area (Å²) in [5.41, 5.74) is 0.164. The van der Waals surface area contributed by atoms with Crippen LogP contribution in [-0.2, 0) is 10.2 Å². The number of hydrogen-bond donors (Lipinski definition) is 2. The van der Waals surface area contributed by atoms with Gasteiger partial charge in [0.1, 0.15) is 0 Å². The summed E-state index contributed by atoms with van der Waals surface area (Å²) in [6, 6.07) is -0.242. The third-order valence-electron chi connectivity index (χ3n) is 3.88. The molecule has 0 bridgehead atoms. The first-order valence-electron chi connectivity index (χ1n) is 6.34. The average molecular weight is 262 g/mol. The molecule has 2 aliphatic rings. The molecule has 1 heterocycles. The van der Waals surface area contributed by atoms with Crippen LogP contribution in [0.5, 0.6) is 0 Å². The lowest BCUT2D eigenvalue weighted by atomic mass is 10.1. The molecule has 1 aliphatic heterocycles. The summed E-state index contributed by atoms with van der Waals surface area (Å²) in [4.78, 5) is 0. The minimum Gasteiger partial charge on any atom is -0.395 e. The number of aliphatic hydroxyl groups is 1. The number of nitrogens with zero attached hydrogens (tertiary/aromatic N) is 1. The summed E-state index contributed by atoms with van der Waals surface area (Å²) < 4.78 is 28.4. The second kappa shape index (κ2) is 4.84. The van der Waals surface area contributed by atoms with E-state index < -0.39 is 10.2 Å². The van der Waals surface area contributed by atoms with Gasteiger partial charge in [-0.1, -0.05) is 13.3 Å². The van der Waals surface area contributed by atoms with E-state index in [9.17, 15) is 13.5 Å². The van der Waals surface area contributed by atoms with Crippen LogP contribution < -0.4 is 4.72 Å². The van der Waals surface area contributed by atoms with Crippen LogP contribution >= 0.6 is 0 Å². The summed E-state index contributed by atoms with van der Waals surface area (Å²) in [5, 5.41) is 9.23. The van der Waals surface area contributed by atoms with E-state index >= 15 is 0 Å². The minimum atomic E-state index is -3.41. The van der Waals surface area contributed by atoms with Gasteiger partial charge in [-0.05, 0) is 31.1 Å². The molecule has 17 heavy (non-hydrogen) atoms. The molecule has 2 fully saturated rings. The van der Waals surface area contributed by atoms with Crippen LogP contribution in [0, 0.1) is 5.41 Å². The SMILES string of the molecule is CC1(CNS(=O)(=O)N2CCCCC2CO)CC1. The topological polar surface area (TPSA) is 69.6 Å². The van der Waals surface area contributed by atoms with Crippen molar-refractivity contribution in [3.63, 3.8) is 0 Å². The van der Waals surface area contributed by atoms with Crippen molar-refractivity contribution in [1.29, 1.82) is 0 Å². The number of rotatable bonds is 5. The summed E-state index contributed by atoms with van der Waals surface area (Å²) in [6.45, 7) is 3.05. The Bertz CT molecular complexity index is 365. The smallest absolute Gasteiger partial charge is 0.279 e. The molecule has 1 unspecified atom stereocenters. The molecule has 0 aromatic rings. The first kappa shape index (κ1) is 13.3. The standard InChI is InChI=1S/C11H22N2O3S/c1-11(5-6-11)9-12-17(15,16)13-7-3-2-4-10(13)8-14/h10,12,14H,2-9H2,1H3. The predicted octanol–water partition coefficient (Wildman–Crippen LogP) is 0.468. The van der Waals surface area contributed by atoms with Crippen LogP contribution in [0.3, 0.4) is 0 Å². The summed E-state index contributed by atoms with van der Waals surface area (Å²) >= 11 is 0. The van der Waals surface area contributed by atoms with Gasteiger partial charge in [-0.2, -0.15) is 12.7 Å². The van der Waals surface area contributed by atoms with Crippen LogP contribution in [0.25, 0.3) is 0 Å². The summed E-state index contributed by atoms with van der Waals surface area (Å²) in [7, 11) is -3.41. The highest BCUT2D eigenvalue weighted by molar-refractivity contribution is 7.87. The molecule has 2 rings (SSSR count). The molecular formula is C11H22N2O3S. The molecule has 100 valence electrons. The predicted molar refractivity (Wildman–Crippen MR) is 65.7 cm³/mol. The molecular weight excluding hydrogens is 240 g/mol. The van der Waals surface area contributed by atoms with Crippen molar-refractivity contribution in [2.45, 2.75) is 45.1 Å². The fraction of sp³-hybridized carbons (Fsp3) is 1.00. The zero-order valence-electron chi connectivity index (χ0n) is 10.4. The zero-order valence-corrected chi connectivity index (χ0v) is 11.2. The van der Waals surface area contributed by atoms with E-state index in [1.807, 2.05) is 0 Å². The molecule has 0 radical (unpaired) electrons. The molecule has 0 aromatic heterocycles. The van der Waals surface area contributed by atoms with E-state index in [1.54, 1.807) is 0 Å². The summed E-state index contributed by atoms with van der Waals surface area (Å²) in [5.74, 6) is 0. The fourth-order valence-corrected chi connectivity index (χ4v) is 3.84. The van der Waals surface area contributed by atoms with Crippen molar-refractivity contribution in [3.05, 3.63) is 0 Å². The normalized spacial score (nSPS) is 29.2. The third kappa shape index (κ3) is 3.19. The van der Waals surface area contributed by atoms with E-state index in [0.29, 0.717) is 13.1 Å². The number of hydrogen-bond acceptors (Lipinski definition) is 3. The molecule has 2 N–H and O–H groups in total. The maximum Gasteiger partial charge on any atom is 0.279 e. The van der Waals surface area contributed by atoms with Gasteiger partial charge in [-0.15, -0.1) is 0 Å². The lowest BCUT2D eigenvalue weighted by Crippen LogP contribution is -2.51. The van der Waals surface area contributed by atoms with Gasteiger partial charge in [0, 0.05) is 19.1 Å². The van der Waals surface area contributed by atoms with Crippen molar-refractivity contribution in [2.75, 3.05) is 19.7 Å². The quantitative estimate of drug-likeness (QED) is 0.756. The Labute approximate surface area is 103 Å². The Morgan fingerprint density at radius 2 is 2.12 bits per heavy atom. The molecule has 5 nitrogen and oxygen atoms in total. The highest BCUT2D eigenvalue weighted by Gasteiger charge is 2.39. The molecule has 0 spiro atoms. The van der Waals surface area contributed by atoms with Gasteiger partial charge in [0.25, 0.3) is 10.2 Å². The van der Waals surface area contributed by atoms with E-state index in [1.165, 1.54) is 4.31 Å². The fourth-order valence-electron chi connectivity index (χ4n) is 2.21. The Hall–Kier alpha value is -0.170. The van der Waals surface area contributed by atoms with Gasteiger partial charge in [-0.25, -0.2) is 4.72 Å². The minimum absolute atomic E-state index is 0.0851. The van der Waals surface area contributed by atoms with Crippen LogP contribution in [0.2, 0.25) is 0 Å². The lowest BCUT2D eigenvalue weighted by Gasteiger charge is -2.33. The van der Waals surface area contributed by atoms with E-state index in [2.05, 4.69) is 11.6 Å². The Balaban J connectivity index is 1.97. The molecule has 6 heteroatoms. The van der Waals surface area contributed by atoms with Crippen molar-refractivity contribution in [3.8, 4) is 0 Å². The maximum atomic E-state index is 12.1. The van der Waals surface area contributed by atoms with E-state index in [0.717, 1.165) is 32.1 Å². The average Bonchev–Trinajstić information content (AvgIpc) is 3.06. The van der Waals surface area contributed by atoms with Crippen LogP contribution in [0.4, 0.5) is 0 Å². The van der Waals surface area contributed by atoms with Crippen molar-refractivity contribution in [2.24, 2.45) is 5.41 Å². The van der Waals surface area contributed by atoms with Crippen LogP contribution in [-0.4, -0.2) is 43.6 Å². The first-order chi connectivity index (χ1) is 7.97. The summed E-state index contributed by atoms with van der Waals surface area (Å²) in [6.07, 6.45) is 4.83. The molecule has 1 atom stereocenters. The van der Waals surface area contributed by atoms with Gasteiger partial charge in [0.2, 0.25) is 0 Å². The molecule has 1 aliphatic carbocycles. The molecule has 1 saturated carbocycles. The van der Waals surface area contributed by atoms with E-state index in [4.69, 9.17) is 0 Å². The monoisotopic (exact) mass is 262 g/mol. The van der Waals surface area contributed by atoms with Gasteiger partial charge >= 0.3 is 0 Å². The third-order valence-corrected chi connectivity index (χ3v) is 5.48. The molecule has 0 aromatic carbocycles. The van der Waals surface area contributed by atoms with Crippen molar-refractivity contribution in [1.82, 2.24) is 9.03 Å². The molecule has 1 saturated heterocycles. The van der Waals surface area contributed by atoms with Crippen molar-refractivity contribution >= 4 is 10.2 Å². The Kier molecular flexibility index (Phi) is 3.77. The van der Waals surface area contributed by atoms with Gasteiger partial charge < -0.3 is 5.11 Å². The second-order valence-electron chi connectivity index (χ2n) is 5.58. The highest BCUT2D eigenvalue weighted by atomic mass is 32.2. The van der Waals surface area contributed by atoms with Gasteiger partial charge in [0.05, 0.1) is 6.61 Å². The van der Waals surface area contributed by atoms with Crippen molar-refractivity contribution < 1.29 is 13.5 Å².